The van der Waals surface area contributed by atoms with Crippen molar-refractivity contribution in [2.24, 2.45) is 0 Å². The molecule has 7 aromatic carbocycles. The molecule has 9 aromatic rings. The van der Waals surface area contributed by atoms with Gasteiger partial charge >= 0.3 is 0 Å². The molecule has 0 atom stereocenters. The number of hydrogen-bond donors (Lipinski definition) is 0. The molecule has 0 radical (unpaired) electrons. The largest absolute Gasteiger partial charge is 0.309 e. The highest BCUT2D eigenvalue weighted by Gasteiger charge is 2.16. The number of fused-ring (bicyclic) bond motifs is 6. The molecule has 0 unspecified atom stereocenters. The van der Waals surface area contributed by atoms with Gasteiger partial charge < -0.3 is 9.13 Å². The summed E-state index contributed by atoms with van der Waals surface area (Å²) in [4.78, 5) is 0. The number of benzene rings is 7. The van der Waals surface area contributed by atoms with E-state index in [1.54, 1.807) is 0 Å². The van der Waals surface area contributed by atoms with E-state index in [9.17, 15) is 0 Å². The van der Waals surface area contributed by atoms with Crippen molar-refractivity contribution < 1.29 is 0 Å². The van der Waals surface area contributed by atoms with Gasteiger partial charge in [0.2, 0.25) is 0 Å². The van der Waals surface area contributed by atoms with Crippen molar-refractivity contribution in [2.45, 2.75) is 0 Å². The molecule has 0 spiro atoms. The predicted octanol–water partition coefficient (Wildman–Crippen LogP) is 11.2. The highest BCUT2D eigenvalue weighted by Crippen LogP contribution is 2.37. The van der Waals surface area contributed by atoms with Crippen LogP contribution < -0.4 is 0 Å². The zero-order valence-corrected chi connectivity index (χ0v) is 24.1. The summed E-state index contributed by atoms with van der Waals surface area (Å²) in [6.07, 6.45) is 0. The van der Waals surface area contributed by atoms with E-state index in [0.717, 1.165) is 11.4 Å². The molecule has 2 nitrogen and oxygen atoms in total. The first kappa shape index (κ1) is 24.7. The van der Waals surface area contributed by atoms with Crippen LogP contribution in [0.15, 0.2) is 170 Å². The normalized spacial score (nSPS) is 11.6. The van der Waals surface area contributed by atoms with Crippen LogP contribution in [0, 0.1) is 0 Å². The fraction of sp³-hybridized carbons (Fsp3) is 0. The molecule has 0 saturated heterocycles. The molecule has 0 aliphatic heterocycles. The van der Waals surface area contributed by atoms with E-state index in [1.807, 2.05) is 0 Å². The van der Waals surface area contributed by atoms with Gasteiger partial charge in [0, 0.05) is 32.9 Å². The van der Waals surface area contributed by atoms with Gasteiger partial charge in [-0.05, 0) is 70.8 Å². The van der Waals surface area contributed by atoms with Crippen molar-refractivity contribution in [3.8, 4) is 33.6 Å². The van der Waals surface area contributed by atoms with Crippen molar-refractivity contribution in [2.75, 3.05) is 0 Å². The molecule has 0 bridgehead atoms. The fourth-order valence-corrected chi connectivity index (χ4v) is 6.91. The Balaban J connectivity index is 1.26. The molecule has 2 aromatic heterocycles. The third-order valence-electron chi connectivity index (χ3n) is 8.90. The van der Waals surface area contributed by atoms with Gasteiger partial charge in [-0.15, -0.1) is 0 Å². The Morgan fingerprint density at radius 2 is 0.682 bits per heavy atom. The standard InChI is InChI=1S/C42H28N2/c1-2-12-29(13-3-1)30-14-10-15-31(26-30)32-16-11-17-33(27-32)44-41-23-9-6-20-37(41)38-25-24-34(28-42(38)44)43-39-21-7-4-18-35(39)36-19-5-8-22-40(36)43/h1-28H. The van der Waals surface area contributed by atoms with Crippen LogP contribution in [-0.4, -0.2) is 9.13 Å². The molecule has 206 valence electrons. The van der Waals surface area contributed by atoms with Gasteiger partial charge in [0.05, 0.1) is 22.1 Å². The fourth-order valence-electron chi connectivity index (χ4n) is 6.91. The molecule has 2 heteroatoms. The maximum atomic E-state index is 2.42. The number of rotatable bonds is 4. The van der Waals surface area contributed by atoms with Crippen molar-refractivity contribution in [3.63, 3.8) is 0 Å². The average molecular weight is 561 g/mol. The van der Waals surface area contributed by atoms with Crippen LogP contribution in [0.3, 0.4) is 0 Å². The van der Waals surface area contributed by atoms with Gasteiger partial charge in [0.25, 0.3) is 0 Å². The minimum atomic E-state index is 1.15. The monoisotopic (exact) mass is 560 g/mol. The quantitative estimate of drug-likeness (QED) is 0.203. The minimum absolute atomic E-state index is 1.15. The van der Waals surface area contributed by atoms with Gasteiger partial charge in [0.15, 0.2) is 0 Å². The smallest absolute Gasteiger partial charge is 0.0561 e. The van der Waals surface area contributed by atoms with Gasteiger partial charge in [-0.25, -0.2) is 0 Å². The maximum Gasteiger partial charge on any atom is 0.0561 e. The summed E-state index contributed by atoms with van der Waals surface area (Å²) in [5.41, 5.74) is 12.0. The van der Waals surface area contributed by atoms with E-state index in [0.29, 0.717) is 0 Å². The Morgan fingerprint density at radius 1 is 0.250 bits per heavy atom. The topological polar surface area (TPSA) is 9.86 Å². The number of nitrogens with zero attached hydrogens (tertiary/aromatic N) is 2. The molecule has 0 aliphatic rings. The van der Waals surface area contributed by atoms with E-state index >= 15 is 0 Å². The summed E-state index contributed by atoms with van der Waals surface area (Å²) < 4.78 is 4.82. The number of aromatic nitrogens is 2. The Labute approximate surface area is 255 Å². The van der Waals surface area contributed by atoms with Crippen molar-refractivity contribution in [1.29, 1.82) is 0 Å². The van der Waals surface area contributed by atoms with Gasteiger partial charge in [0.1, 0.15) is 0 Å². The Morgan fingerprint density at radius 3 is 1.32 bits per heavy atom. The van der Waals surface area contributed by atoms with Crippen LogP contribution in [0.2, 0.25) is 0 Å². The first-order chi connectivity index (χ1) is 21.8. The SMILES string of the molecule is c1ccc(-c2cccc(-c3cccc(-n4c5ccccc5c5ccc(-n6c7ccccc7c7ccccc76)cc54)c3)c2)cc1. The molecule has 44 heavy (non-hydrogen) atoms. The minimum Gasteiger partial charge on any atom is -0.309 e. The van der Waals surface area contributed by atoms with Gasteiger partial charge in [-0.2, -0.15) is 0 Å². The Bertz CT molecular complexity index is 2440. The number of hydrogen-bond acceptors (Lipinski definition) is 0. The van der Waals surface area contributed by atoms with E-state index in [1.165, 1.54) is 65.9 Å². The molecule has 0 amide bonds. The number of para-hydroxylation sites is 3. The van der Waals surface area contributed by atoms with Crippen LogP contribution in [0.25, 0.3) is 77.2 Å². The van der Waals surface area contributed by atoms with Gasteiger partial charge in [-0.1, -0.05) is 121 Å². The van der Waals surface area contributed by atoms with Crippen molar-refractivity contribution in [1.82, 2.24) is 9.13 Å². The highest BCUT2D eigenvalue weighted by molar-refractivity contribution is 6.12. The van der Waals surface area contributed by atoms with E-state index in [-0.39, 0.29) is 0 Å². The summed E-state index contributed by atoms with van der Waals surface area (Å²) in [7, 11) is 0. The second-order valence-electron chi connectivity index (χ2n) is 11.4. The molecule has 0 N–H and O–H groups in total. The highest BCUT2D eigenvalue weighted by atomic mass is 15.0. The second kappa shape index (κ2) is 9.86. The zero-order chi connectivity index (χ0) is 29.0. The lowest BCUT2D eigenvalue weighted by Gasteiger charge is -2.13. The molecule has 2 heterocycles. The lowest BCUT2D eigenvalue weighted by atomic mass is 9.99. The van der Waals surface area contributed by atoms with Crippen LogP contribution in [0.1, 0.15) is 0 Å². The second-order valence-corrected chi connectivity index (χ2v) is 11.4. The first-order valence-corrected chi connectivity index (χ1v) is 15.1. The zero-order valence-electron chi connectivity index (χ0n) is 24.1. The Hall–Kier alpha value is -5.86. The molecule has 0 saturated carbocycles. The summed E-state index contributed by atoms with van der Waals surface area (Å²) in [5, 5.41) is 5.05. The maximum absolute atomic E-state index is 2.42. The van der Waals surface area contributed by atoms with E-state index in [4.69, 9.17) is 0 Å². The summed E-state index contributed by atoms with van der Waals surface area (Å²) in [6, 6.07) is 61.5. The first-order valence-electron chi connectivity index (χ1n) is 15.1. The van der Waals surface area contributed by atoms with Crippen molar-refractivity contribution >= 4 is 43.6 Å². The van der Waals surface area contributed by atoms with E-state index in [2.05, 4.69) is 179 Å². The lowest BCUT2D eigenvalue weighted by Crippen LogP contribution is -1.97. The molecule has 0 aliphatic carbocycles. The molecule has 0 fully saturated rings. The molecular formula is C42H28N2. The van der Waals surface area contributed by atoms with Crippen LogP contribution in [0.5, 0.6) is 0 Å². The third-order valence-corrected chi connectivity index (χ3v) is 8.90. The van der Waals surface area contributed by atoms with Crippen LogP contribution in [-0.2, 0) is 0 Å². The van der Waals surface area contributed by atoms with Crippen LogP contribution >= 0.6 is 0 Å². The summed E-state index contributed by atoms with van der Waals surface area (Å²) in [5.74, 6) is 0. The molecule has 9 rings (SSSR count). The van der Waals surface area contributed by atoms with Gasteiger partial charge in [-0.3, -0.25) is 0 Å². The Kier molecular flexibility index (Phi) is 5.54. The predicted molar refractivity (Wildman–Crippen MR) is 186 cm³/mol. The third kappa shape index (κ3) is 3.82. The summed E-state index contributed by atoms with van der Waals surface area (Å²) in [6.45, 7) is 0. The lowest BCUT2D eigenvalue weighted by molar-refractivity contribution is 1.15. The van der Waals surface area contributed by atoms with Crippen LogP contribution in [0.4, 0.5) is 0 Å². The van der Waals surface area contributed by atoms with Crippen molar-refractivity contribution in [3.05, 3.63) is 170 Å². The van der Waals surface area contributed by atoms with E-state index < -0.39 is 0 Å². The molecular weight excluding hydrogens is 532 g/mol. The summed E-state index contributed by atoms with van der Waals surface area (Å²) >= 11 is 0. The average Bonchev–Trinajstić information content (AvgIpc) is 3.61.